The van der Waals surface area contributed by atoms with Crippen LogP contribution in [-0.2, 0) is 4.74 Å². The maximum atomic E-state index is 6.89. The summed E-state index contributed by atoms with van der Waals surface area (Å²) < 4.78 is 5.91. The monoisotopic (exact) mass is 280 g/mol. The minimum atomic E-state index is -0.0603. The molecule has 1 saturated heterocycles. The highest BCUT2D eigenvalue weighted by Crippen LogP contribution is 2.58. The van der Waals surface area contributed by atoms with E-state index < -0.39 is 0 Å². The van der Waals surface area contributed by atoms with Crippen molar-refractivity contribution in [1.82, 2.24) is 4.90 Å². The average molecular weight is 280 g/mol. The van der Waals surface area contributed by atoms with Gasteiger partial charge >= 0.3 is 0 Å². The number of nitrogens with two attached hydrogens (primary N) is 1. The molecule has 0 bridgehead atoms. The van der Waals surface area contributed by atoms with Gasteiger partial charge in [-0.2, -0.15) is 0 Å². The van der Waals surface area contributed by atoms with Crippen molar-refractivity contribution in [2.24, 2.45) is 17.1 Å². The number of hydrogen-bond acceptors (Lipinski definition) is 3. The van der Waals surface area contributed by atoms with E-state index in [-0.39, 0.29) is 11.0 Å². The summed E-state index contributed by atoms with van der Waals surface area (Å²) in [6.45, 7) is 6.56. The van der Waals surface area contributed by atoms with Gasteiger partial charge in [0.1, 0.15) is 0 Å². The predicted molar refractivity (Wildman–Crippen MR) is 82.7 cm³/mol. The zero-order valence-electron chi connectivity index (χ0n) is 13.5. The van der Waals surface area contributed by atoms with Gasteiger partial charge in [0.2, 0.25) is 0 Å². The van der Waals surface area contributed by atoms with E-state index in [2.05, 4.69) is 25.8 Å². The average Bonchev–Trinajstić information content (AvgIpc) is 2.73. The van der Waals surface area contributed by atoms with Crippen LogP contribution in [0.1, 0.15) is 58.8 Å². The molecule has 3 nitrogen and oxygen atoms in total. The Morgan fingerprint density at radius 1 is 1.10 bits per heavy atom. The van der Waals surface area contributed by atoms with E-state index in [4.69, 9.17) is 10.5 Å². The van der Waals surface area contributed by atoms with Gasteiger partial charge < -0.3 is 15.4 Å². The lowest BCUT2D eigenvalue weighted by Gasteiger charge is -2.63. The summed E-state index contributed by atoms with van der Waals surface area (Å²) in [5.41, 5.74) is 6.95. The summed E-state index contributed by atoms with van der Waals surface area (Å²) in [6, 6.07) is 0.745. The first-order chi connectivity index (χ1) is 9.47. The molecule has 3 rings (SSSR count). The molecule has 0 radical (unpaired) electrons. The molecule has 2 N–H and O–H groups in total. The molecule has 3 aliphatic rings. The van der Waals surface area contributed by atoms with Gasteiger partial charge in [0.05, 0.1) is 6.10 Å². The third-order valence-electron chi connectivity index (χ3n) is 6.62. The molecule has 20 heavy (non-hydrogen) atoms. The second-order valence-electron chi connectivity index (χ2n) is 8.01. The van der Waals surface area contributed by atoms with Gasteiger partial charge in [0.25, 0.3) is 0 Å². The van der Waals surface area contributed by atoms with Crippen LogP contribution >= 0.6 is 0 Å². The molecule has 0 aromatic heterocycles. The summed E-state index contributed by atoms with van der Waals surface area (Å²) in [6.07, 6.45) is 9.90. The van der Waals surface area contributed by atoms with Gasteiger partial charge in [-0.25, -0.2) is 0 Å². The summed E-state index contributed by atoms with van der Waals surface area (Å²) >= 11 is 0. The molecule has 0 amide bonds. The fraction of sp³-hybridized carbons (Fsp3) is 1.00. The topological polar surface area (TPSA) is 38.5 Å². The molecular formula is C17H32N2O. The van der Waals surface area contributed by atoms with E-state index >= 15 is 0 Å². The van der Waals surface area contributed by atoms with Crippen molar-refractivity contribution in [2.75, 3.05) is 20.2 Å². The van der Waals surface area contributed by atoms with Gasteiger partial charge in [-0.3, -0.25) is 0 Å². The van der Waals surface area contributed by atoms with Gasteiger partial charge in [-0.15, -0.1) is 0 Å². The van der Waals surface area contributed by atoms with Crippen LogP contribution in [0.15, 0.2) is 0 Å². The van der Waals surface area contributed by atoms with Crippen molar-refractivity contribution in [3.05, 3.63) is 0 Å². The standard InChI is InChI=1S/C17H32N2O/c1-16(2)15-14(10-11-20-15)17(16,18)12-19(3)13-8-6-4-5-7-9-13/h13-15H,4-12,18H2,1-3H3. The third-order valence-corrected chi connectivity index (χ3v) is 6.62. The Bertz CT molecular complexity index is 349. The van der Waals surface area contributed by atoms with Crippen LogP contribution < -0.4 is 5.73 Å². The molecule has 3 unspecified atom stereocenters. The molecule has 0 aromatic carbocycles. The number of fused-ring (bicyclic) bond motifs is 1. The van der Waals surface area contributed by atoms with Crippen LogP contribution in [-0.4, -0.2) is 42.8 Å². The van der Waals surface area contributed by atoms with E-state index in [1.165, 1.54) is 38.5 Å². The lowest BCUT2D eigenvalue weighted by atomic mass is 9.48. The maximum Gasteiger partial charge on any atom is 0.0691 e. The Hall–Kier alpha value is -0.120. The molecule has 2 saturated carbocycles. The van der Waals surface area contributed by atoms with Gasteiger partial charge in [-0.1, -0.05) is 39.5 Å². The highest BCUT2D eigenvalue weighted by atomic mass is 16.5. The number of nitrogens with zero attached hydrogens (tertiary/aromatic N) is 1. The Morgan fingerprint density at radius 2 is 1.75 bits per heavy atom. The van der Waals surface area contributed by atoms with Crippen LogP contribution in [0.5, 0.6) is 0 Å². The molecule has 0 aromatic rings. The first kappa shape index (κ1) is 14.8. The minimum Gasteiger partial charge on any atom is -0.377 e. The Morgan fingerprint density at radius 3 is 2.40 bits per heavy atom. The molecule has 116 valence electrons. The minimum absolute atomic E-state index is 0.0603. The molecule has 3 atom stereocenters. The van der Waals surface area contributed by atoms with Crippen LogP contribution in [0, 0.1) is 11.3 Å². The van der Waals surface area contributed by atoms with Crippen LogP contribution in [0.3, 0.4) is 0 Å². The lowest BCUT2D eigenvalue weighted by Crippen LogP contribution is -2.78. The van der Waals surface area contributed by atoms with E-state index in [0.29, 0.717) is 12.0 Å². The first-order valence-electron chi connectivity index (χ1n) is 8.57. The highest BCUT2D eigenvalue weighted by Gasteiger charge is 2.67. The quantitative estimate of drug-likeness (QED) is 0.808. The molecule has 2 aliphatic carbocycles. The number of likely N-dealkylation sites (N-methyl/N-ethyl adjacent to an activating group) is 1. The van der Waals surface area contributed by atoms with E-state index in [0.717, 1.165) is 25.6 Å². The second-order valence-corrected chi connectivity index (χ2v) is 8.01. The van der Waals surface area contributed by atoms with Crippen molar-refractivity contribution in [2.45, 2.75) is 76.5 Å². The first-order valence-corrected chi connectivity index (χ1v) is 8.57. The maximum absolute atomic E-state index is 6.89. The lowest BCUT2D eigenvalue weighted by molar-refractivity contribution is -0.164. The summed E-state index contributed by atoms with van der Waals surface area (Å²) in [5.74, 6) is 0.575. The van der Waals surface area contributed by atoms with Gasteiger partial charge in [0, 0.05) is 36.1 Å². The molecule has 3 heteroatoms. The fourth-order valence-electron chi connectivity index (χ4n) is 5.04. The second kappa shape index (κ2) is 5.26. The largest absolute Gasteiger partial charge is 0.377 e. The van der Waals surface area contributed by atoms with Crippen LogP contribution in [0.25, 0.3) is 0 Å². The van der Waals surface area contributed by atoms with Crippen molar-refractivity contribution in [1.29, 1.82) is 0 Å². The van der Waals surface area contributed by atoms with Gasteiger partial charge in [-0.05, 0) is 26.3 Å². The Balaban J connectivity index is 1.66. The highest BCUT2D eigenvalue weighted by molar-refractivity contribution is 5.21. The van der Waals surface area contributed by atoms with Crippen molar-refractivity contribution in [3.63, 3.8) is 0 Å². The smallest absolute Gasteiger partial charge is 0.0691 e. The summed E-state index contributed by atoms with van der Waals surface area (Å²) in [5, 5.41) is 0. The normalized spacial score (nSPS) is 41.2. The van der Waals surface area contributed by atoms with Gasteiger partial charge in [0.15, 0.2) is 0 Å². The number of ether oxygens (including phenoxy) is 1. The number of hydrogen-bond donors (Lipinski definition) is 1. The van der Waals surface area contributed by atoms with E-state index in [1.807, 2.05) is 0 Å². The van der Waals surface area contributed by atoms with E-state index in [9.17, 15) is 0 Å². The van der Waals surface area contributed by atoms with Crippen molar-refractivity contribution < 1.29 is 4.74 Å². The third kappa shape index (κ3) is 2.13. The van der Waals surface area contributed by atoms with Crippen LogP contribution in [0.4, 0.5) is 0 Å². The zero-order valence-corrected chi connectivity index (χ0v) is 13.5. The molecule has 1 aliphatic heterocycles. The molecule has 0 spiro atoms. The zero-order chi connectivity index (χ0) is 14.4. The number of rotatable bonds is 3. The summed E-state index contributed by atoms with van der Waals surface area (Å²) in [4.78, 5) is 2.57. The van der Waals surface area contributed by atoms with E-state index in [1.54, 1.807) is 0 Å². The van der Waals surface area contributed by atoms with Crippen LogP contribution in [0.2, 0.25) is 0 Å². The Kier molecular flexibility index (Phi) is 3.89. The molecule has 3 fully saturated rings. The Labute approximate surface area is 124 Å². The summed E-state index contributed by atoms with van der Waals surface area (Å²) in [7, 11) is 2.30. The SMILES string of the molecule is CN(CC1(N)C2CCOC2C1(C)C)C1CCCCCC1. The molecule has 1 heterocycles. The fourth-order valence-corrected chi connectivity index (χ4v) is 5.04. The van der Waals surface area contributed by atoms with Crippen molar-refractivity contribution in [3.8, 4) is 0 Å². The van der Waals surface area contributed by atoms with Crippen molar-refractivity contribution >= 4 is 0 Å². The molecular weight excluding hydrogens is 248 g/mol. The predicted octanol–water partition coefficient (Wildman–Crippen LogP) is 2.78.